The van der Waals surface area contributed by atoms with Crippen molar-refractivity contribution in [3.63, 3.8) is 0 Å². The first kappa shape index (κ1) is 69.9. The number of aromatic nitrogens is 2. The van der Waals surface area contributed by atoms with E-state index in [9.17, 15) is 43.5 Å². The Balaban J connectivity index is 1.72. The molecule has 1 aromatic heterocycles. The molecule has 1 saturated heterocycles. The number of carbonyl (C=O) groups excluding carboxylic acids is 2. The third-order valence-electron chi connectivity index (χ3n) is 14.4. The van der Waals surface area contributed by atoms with Crippen molar-refractivity contribution in [2.45, 2.75) is 289 Å². The van der Waals surface area contributed by atoms with Gasteiger partial charge in [-0.25, -0.2) is 13.9 Å². The number of phosphoric ester groups is 2. The fraction of sp³-hybridized carbons (Fsp3) is 0.893. The number of hydrogen-bond acceptors (Lipinski definition) is 15. The van der Waals surface area contributed by atoms with Gasteiger partial charge in [0.2, 0.25) is 0 Å². The van der Waals surface area contributed by atoms with Crippen LogP contribution in [0.3, 0.4) is 0 Å². The summed E-state index contributed by atoms with van der Waals surface area (Å²) in [6, 6.07) is 1.25. The third-order valence-corrected chi connectivity index (χ3v) is 17.0. The molecule has 0 bridgehead atoms. The zero-order valence-corrected chi connectivity index (χ0v) is 49.2. The van der Waals surface area contributed by atoms with E-state index < -0.39 is 83.7 Å². The molecule has 0 aliphatic carbocycles. The second-order valence-corrected chi connectivity index (χ2v) is 25.0. The monoisotopic (exact) mass is 1120 g/mol. The van der Waals surface area contributed by atoms with Gasteiger partial charge in [-0.1, -0.05) is 233 Å². The van der Waals surface area contributed by atoms with Crippen LogP contribution in [0.15, 0.2) is 17.1 Å². The standard InChI is InChI=1S/C56H105N3O15P2/c1-5-47(4)38-34-30-26-22-18-14-10-8-6-7-9-11-15-20-24-28-32-36-40-52(61)72-48(43-69-51(60)39-35-31-27-23-19-16-12-13-17-21-25-29-33-37-46(2)3)44-70-75(65,66)74-76(67,68)71-45-49-53(62)54(63)55(73-49)59-42-41-50(57)58-56(59)64/h41-42,46-49,53-55,62-63H,5-40,43-45H2,1-4H3,(H,65,66)(H,67,68)(H2,57,58,64)/t47?,48-,49-,53+,54?,55-/m1/s1. The lowest BCUT2D eigenvalue weighted by Crippen LogP contribution is -2.36. The molecule has 20 heteroatoms. The predicted octanol–water partition coefficient (Wildman–Crippen LogP) is 13.5. The number of unbranched alkanes of at least 4 members (excludes halogenated alkanes) is 29. The van der Waals surface area contributed by atoms with Gasteiger partial charge in [0.05, 0.1) is 13.2 Å². The van der Waals surface area contributed by atoms with Crippen molar-refractivity contribution in [3.05, 3.63) is 22.7 Å². The van der Waals surface area contributed by atoms with Crippen molar-refractivity contribution in [1.82, 2.24) is 9.55 Å². The number of aliphatic hydroxyl groups excluding tert-OH is 2. The fourth-order valence-electron chi connectivity index (χ4n) is 9.42. The van der Waals surface area contributed by atoms with E-state index in [0.717, 1.165) is 67.8 Å². The largest absolute Gasteiger partial charge is 0.481 e. The first-order valence-electron chi connectivity index (χ1n) is 29.8. The molecule has 2 rings (SSSR count). The molecule has 2 heterocycles. The Bertz CT molecular complexity index is 1810. The Labute approximate surface area is 457 Å². The molecule has 1 aliphatic heterocycles. The zero-order chi connectivity index (χ0) is 55.9. The molecule has 4 unspecified atom stereocenters. The molecule has 0 amide bonds. The van der Waals surface area contributed by atoms with Crippen LogP contribution < -0.4 is 11.4 Å². The molecule has 8 atom stereocenters. The van der Waals surface area contributed by atoms with E-state index in [1.165, 1.54) is 166 Å². The maximum atomic E-state index is 12.9. The van der Waals surface area contributed by atoms with E-state index in [0.29, 0.717) is 12.8 Å². The number of rotatable bonds is 50. The van der Waals surface area contributed by atoms with Crippen LogP contribution >= 0.6 is 15.6 Å². The molecular weight excluding hydrogens is 1020 g/mol. The zero-order valence-electron chi connectivity index (χ0n) is 47.4. The molecule has 0 saturated carbocycles. The lowest BCUT2D eigenvalue weighted by molar-refractivity contribution is -0.161. The Morgan fingerprint density at radius 3 is 1.50 bits per heavy atom. The number of hydrogen-bond donors (Lipinski definition) is 5. The van der Waals surface area contributed by atoms with Crippen molar-refractivity contribution in [2.24, 2.45) is 11.8 Å². The number of nitrogen functional groups attached to an aromatic ring is 1. The van der Waals surface area contributed by atoms with E-state index in [1.807, 2.05) is 0 Å². The van der Waals surface area contributed by atoms with Gasteiger partial charge in [-0.15, -0.1) is 0 Å². The minimum absolute atomic E-state index is 0.0580. The first-order valence-corrected chi connectivity index (χ1v) is 32.8. The summed E-state index contributed by atoms with van der Waals surface area (Å²) in [6.45, 7) is 6.92. The van der Waals surface area contributed by atoms with Crippen LogP contribution in [0.2, 0.25) is 0 Å². The van der Waals surface area contributed by atoms with E-state index in [4.69, 9.17) is 29.0 Å². The van der Waals surface area contributed by atoms with Gasteiger partial charge in [-0.3, -0.25) is 23.2 Å². The summed E-state index contributed by atoms with van der Waals surface area (Å²) in [5, 5.41) is 21.0. The number of esters is 2. The number of nitrogens with two attached hydrogens (primary N) is 1. The van der Waals surface area contributed by atoms with Gasteiger partial charge in [0.15, 0.2) is 12.3 Å². The number of carbonyl (C=O) groups is 2. The molecule has 1 fully saturated rings. The van der Waals surface area contributed by atoms with Crippen LogP contribution in [0.1, 0.15) is 265 Å². The number of anilines is 1. The van der Waals surface area contributed by atoms with Crippen molar-refractivity contribution in [3.8, 4) is 0 Å². The van der Waals surface area contributed by atoms with Gasteiger partial charge in [0, 0.05) is 19.0 Å². The molecule has 18 nitrogen and oxygen atoms in total. The molecular formula is C56H105N3O15P2. The van der Waals surface area contributed by atoms with Crippen LogP contribution in [0, 0.1) is 11.8 Å². The lowest BCUT2D eigenvalue weighted by atomic mass is 9.99. The second-order valence-electron chi connectivity index (χ2n) is 21.9. The van der Waals surface area contributed by atoms with Gasteiger partial charge >= 0.3 is 33.3 Å². The minimum atomic E-state index is -5.42. The smallest absolute Gasteiger partial charge is 0.462 e. The van der Waals surface area contributed by atoms with Gasteiger partial charge in [-0.05, 0) is 30.7 Å². The predicted molar refractivity (Wildman–Crippen MR) is 298 cm³/mol. The summed E-state index contributed by atoms with van der Waals surface area (Å²) < 4.78 is 57.1. The van der Waals surface area contributed by atoms with Crippen molar-refractivity contribution in [1.29, 1.82) is 0 Å². The van der Waals surface area contributed by atoms with Crippen LogP contribution in [0.4, 0.5) is 5.82 Å². The van der Waals surface area contributed by atoms with Gasteiger partial charge in [0.25, 0.3) is 0 Å². The van der Waals surface area contributed by atoms with Gasteiger partial charge < -0.3 is 39.9 Å². The van der Waals surface area contributed by atoms with E-state index >= 15 is 0 Å². The average Bonchev–Trinajstić information content (AvgIpc) is 3.65. The molecule has 1 aliphatic rings. The minimum Gasteiger partial charge on any atom is -0.462 e. The lowest BCUT2D eigenvalue weighted by Gasteiger charge is -2.21. The van der Waals surface area contributed by atoms with Crippen LogP contribution in [-0.4, -0.2) is 85.7 Å². The number of aliphatic hydroxyl groups is 2. The molecule has 1 aromatic rings. The Hall–Kier alpha value is -2.24. The number of ether oxygens (including phenoxy) is 3. The highest BCUT2D eigenvalue weighted by molar-refractivity contribution is 7.61. The Morgan fingerprint density at radius 1 is 0.632 bits per heavy atom. The van der Waals surface area contributed by atoms with Crippen LogP contribution in [0.25, 0.3) is 0 Å². The molecule has 0 radical (unpaired) electrons. The highest BCUT2D eigenvalue weighted by Crippen LogP contribution is 2.60. The second kappa shape index (κ2) is 42.6. The molecule has 6 N–H and O–H groups in total. The fourth-order valence-corrected chi connectivity index (χ4v) is 11.5. The van der Waals surface area contributed by atoms with E-state index in [1.54, 1.807) is 0 Å². The molecule has 0 spiro atoms. The molecule has 444 valence electrons. The Morgan fingerprint density at radius 2 is 1.05 bits per heavy atom. The normalized spacial score (nSPS) is 19.1. The van der Waals surface area contributed by atoms with Gasteiger partial charge in [0.1, 0.15) is 30.7 Å². The van der Waals surface area contributed by atoms with Crippen molar-refractivity contribution in [2.75, 3.05) is 25.6 Å². The molecule has 0 aromatic carbocycles. The summed E-state index contributed by atoms with van der Waals surface area (Å²) in [6.07, 6.45) is 34.5. The quantitative estimate of drug-likeness (QED) is 0.0231. The van der Waals surface area contributed by atoms with Crippen molar-refractivity contribution < 1.29 is 66.3 Å². The van der Waals surface area contributed by atoms with E-state index in [2.05, 4.69) is 37.0 Å². The highest BCUT2D eigenvalue weighted by Gasteiger charge is 2.46. The van der Waals surface area contributed by atoms with Crippen LogP contribution in [-0.2, 0) is 46.3 Å². The van der Waals surface area contributed by atoms with E-state index in [-0.39, 0.29) is 18.7 Å². The summed E-state index contributed by atoms with van der Waals surface area (Å²) >= 11 is 0. The summed E-state index contributed by atoms with van der Waals surface area (Å²) in [5.41, 5.74) is 4.61. The summed E-state index contributed by atoms with van der Waals surface area (Å²) in [4.78, 5) is 62.2. The average molecular weight is 1120 g/mol. The molecule has 76 heavy (non-hydrogen) atoms. The topological polar surface area (TPSA) is 265 Å². The third kappa shape index (κ3) is 35.4. The van der Waals surface area contributed by atoms with Crippen molar-refractivity contribution >= 4 is 33.4 Å². The summed E-state index contributed by atoms with van der Waals surface area (Å²) in [5.74, 6) is 0.390. The highest BCUT2D eigenvalue weighted by atomic mass is 31.3. The first-order chi connectivity index (χ1) is 36.4. The summed E-state index contributed by atoms with van der Waals surface area (Å²) in [7, 11) is -10.8. The van der Waals surface area contributed by atoms with Gasteiger partial charge in [-0.2, -0.15) is 9.29 Å². The Kier molecular flexibility index (Phi) is 39.2. The maximum absolute atomic E-state index is 12.9. The maximum Gasteiger partial charge on any atom is 0.481 e. The SMILES string of the molecule is CCC(C)CCCCCCCCCCCCCCCCCCCCC(=O)O[C@H](COC(=O)CCCCCCCCCCCCCCCC(C)C)COP(=O)(O)OP(=O)(O)OC[C@H]1O[C@@H](n2ccc(N)nc2=O)C(O)[C@H]1O. The number of phosphoric acid groups is 2. The van der Waals surface area contributed by atoms with Crippen LogP contribution in [0.5, 0.6) is 0 Å². The number of nitrogens with zero attached hydrogens (tertiary/aromatic N) is 2.